The number of ether oxygens (including phenoxy) is 1. The fraction of sp³-hybridized carbons (Fsp3) is 0.462. The monoisotopic (exact) mass is 254 g/mol. The van der Waals surface area contributed by atoms with E-state index in [0.29, 0.717) is 11.4 Å². The average molecular weight is 255 g/mol. The minimum Gasteiger partial charge on any atom is -0.496 e. The second-order valence-corrected chi connectivity index (χ2v) is 5.11. The summed E-state index contributed by atoms with van der Waals surface area (Å²) in [5.74, 6) is 0.0270. The van der Waals surface area contributed by atoms with Crippen molar-refractivity contribution in [1.29, 1.82) is 0 Å². The van der Waals surface area contributed by atoms with Crippen LogP contribution in [0.4, 0.5) is 0 Å². The van der Waals surface area contributed by atoms with Gasteiger partial charge < -0.3 is 9.84 Å². The highest BCUT2D eigenvalue weighted by molar-refractivity contribution is 6.30. The standard InChI is InChI=1S/C13H15ClO3/c1-8-5-10(14)6-9(11(8)17-2)7-13(3-4-13)12(15)16/h5-6H,3-4,7H2,1-2H3,(H,15,16). The van der Waals surface area contributed by atoms with Crippen LogP contribution in [-0.4, -0.2) is 18.2 Å². The molecule has 0 unspecified atom stereocenters. The molecule has 1 fully saturated rings. The van der Waals surface area contributed by atoms with Crippen molar-refractivity contribution in [2.75, 3.05) is 7.11 Å². The lowest BCUT2D eigenvalue weighted by molar-refractivity contribution is -0.143. The first-order valence-corrected chi connectivity index (χ1v) is 5.93. The number of carboxylic acids is 1. The Morgan fingerprint density at radius 2 is 2.18 bits per heavy atom. The molecule has 1 N–H and O–H groups in total. The van der Waals surface area contributed by atoms with E-state index in [4.69, 9.17) is 16.3 Å². The lowest BCUT2D eigenvalue weighted by atomic mass is 9.95. The summed E-state index contributed by atoms with van der Waals surface area (Å²) in [7, 11) is 1.60. The van der Waals surface area contributed by atoms with E-state index in [0.717, 1.165) is 29.7 Å². The molecule has 0 bridgehead atoms. The first-order chi connectivity index (χ1) is 7.98. The predicted molar refractivity (Wildman–Crippen MR) is 65.7 cm³/mol. The van der Waals surface area contributed by atoms with Crippen LogP contribution in [0.3, 0.4) is 0 Å². The second kappa shape index (κ2) is 4.22. The van der Waals surface area contributed by atoms with Gasteiger partial charge in [-0.05, 0) is 49.4 Å². The number of benzene rings is 1. The predicted octanol–water partition coefficient (Wildman–Crippen LogP) is 3.06. The summed E-state index contributed by atoms with van der Waals surface area (Å²) in [6.45, 7) is 1.91. The lowest BCUT2D eigenvalue weighted by Gasteiger charge is -2.15. The lowest BCUT2D eigenvalue weighted by Crippen LogP contribution is -2.18. The highest BCUT2D eigenvalue weighted by atomic mass is 35.5. The average Bonchev–Trinajstić information content (AvgIpc) is 2.98. The second-order valence-electron chi connectivity index (χ2n) is 4.68. The summed E-state index contributed by atoms with van der Waals surface area (Å²) >= 11 is 6.00. The van der Waals surface area contributed by atoms with E-state index in [1.54, 1.807) is 13.2 Å². The Morgan fingerprint density at radius 1 is 1.53 bits per heavy atom. The van der Waals surface area contributed by atoms with Gasteiger partial charge in [0.15, 0.2) is 0 Å². The van der Waals surface area contributed by atoms with Crippen LogP contribution in [0.2, 0.25) is 5.02 Å². The molecule has 1 saturated carbocycles. The van der Waals surface area contributed by atoms with Crippen molar-refractivity contribution in [3.05, 3.63) is 28.3 Å². The molecule has 1 aliphatic carbocycles. The molecule has 3 nitrogen and oxygen atoms in total. The molecular formula is C13H15ClO3. The van der Waals surface area contributed by atoms with Crippen LogP contribution in [0.5, 0.6) is 5.75 Å². The zero-order valence-electron chi connectivity index (χ0n) is 9.92. The minimum absolute atomic E-state index is 0.493. The van der Waals surface area contributed by atoms with Gasteiger partial charge in [0.2, 0.25) is 0 Å². The van der Waals surface area contributed by atoms with Crippen molar-refractivity contribution in [2.24, 2.45) is 5.41 Å². The van der Waals surface area contributed by atoms with Crippen molar-refractivity contribution in [3.63, 3.8) is 0 Å². The number of hydrogen-bond acceptors (Lipinski definition) is 2. The Bertz CT molecular complexity index is 464. The van der Waals surface area contributed by atoms with Crippen LogP contribution in [0.1, 0.15) is 24.0 Å². The van der Waals surface area contributed by atoms with Gasteiger partial charge in [0, 0.05) is 5.02 Å². The highest BCUT2D eigenvalue weighted by Crippen LogP contribution is 2.50. The van der Waals surface area contributed by atoms with E-state index in [9.17, 15) is 9.90 Å². The zero-order valence-corrected chi connectivity index (χ0v) is 10.7. The number of halogens is 1. The van der Waals surface area contributed by atoms with E-state index < -0.39 is 11.4 Å². The van der Waals surface area contributed by atoms with Gasteiger partial charge in [-0.1, -0.05) is 11.6 Å². The summed E-state index contributed by atoms with van der Waals surface area (Å²) in [4.78, 5) is 11.2. The SMILES string of the molecule is COc1c(C)cc(Cl)cc1CC1(C(=O)O)CC1. The largest absolute Gasteiger partial charge is 0.496 e. The maximum atomic E-state index is 11.2. The Balaban J connectivity index is 2.35. The van der Waals surface area contributed by atoms with Crippen LogP contribution in [-0.2, 0) is 11.2 Å². The van der Waals surface area contributed by atoms with Gasteiger partial charge in [-0.15, -0.1) is 0 Å². The molecule has 0 spiro atoms. The molecule has 1 aromatic carbocycles. The molecule has 0 aromatic heterocycles. The Morgan fingerprint density at radius 3 is 2.65 bits per heavy atom. The maximum absolute atomic E-state index is 11.2. The zero-order chi connectivity index (χ0) is 12.6. The van der Waals surface area contributed by atoms with E-state index in [1.165, 1.54) is 0 Å². The minimum atomic E-state index is -0.725. The van der Waals surface area contributed by atoms with E-state index in [1.807, 2.05) is 13.0 Å². The number of methoxy groups -OCH3 is 1. The van der Waals surface area contributed by atoms with Gasteiger partial charge in [0.1, 0.15) is 5.75 Å². The fourth-order valence-corrected chi connectivity index (χ4v) is 2.50. The van der Waals surface area contributed by atoms with Crippen molar-refractivity contribution in [3.8, 4) is 5.75 Å². The van der Waals surface area contributed by atoms with Crippen LogP contribution >= 0.6 is 11.6 Å². The summed E-state index contributed by atoms with van der Waals surface area (Å²) in [6, 6.07) is 3.63. The molecule has 1 aliphatic rings. The van der Waals surface area contributed by atoms with Crippen LogP contribution in [0.25, 0.3) is 0 Å². The fourth-order valence-electron chi connectivity index (χ4n) is 2.20. The van der Waals surface area contributed by atoms with E-state index >= 15 is 0 Å². The van der Waals surface area contributed by atoms with E-state index in [2.05, 4.69) is 0 Å². The van der Waals surface area contributed by atoms with Gasteiger partial charge in [-0.3, -0.25) is 4.79 Å². The van der Waals surface area contributed by atoms with Gasteiger partial charge in [-0.2, -0.15) is 0 Å². The van der Waals surface area contributed by atoms with Crippen molar-refractivity contribution >= 4 is 17.6 Å². The molecule has 0 saturated heterocycles. The molecule has 0 amide bonds. The molecule has 17 heavy (non-hydrogen) atoms. The maximum Gasteiger partial charge on any atom is 0.309 e. The smallest absolute Gasteiger partial charge is 0.309 e. The first kappa shape index (κ1) is 12.2. The van der Waals surface area contributed by atoms with Gasteiger partial charge >= 0.3 is 5.97 Å². The molecule has 92 valence electrons. The summed E-state index contributed by atoms with van der Waals surface area (Å²) in [6.07, 6.45) is 1.96. The third-order valence-corrected chi connectivity index (χ3v) is 3.57. The molecule has 0 aliphatic heterocycles. The van der Waals surface area contributed by atoms with Crippen molar-refractivity contribution in [2.45, 2.75) is 26.2 Å². The quantitative estimate of drug-likeness (QED) is 0.898. The Kier molecular flexibility index (Phi) is 3.04. The third kappa shape index (κ3) is 2.25. The molecule has 0 heterocycles. The van der Waals surface area contributed by atoms with Gasteiger partial charge in [-0.25, -0.2) is 0 Å². The van der Waals surface area contributed by atoms with Gasteiger partial charge in [0.25, 0.3) is 0 Å². The number of carbonyl (C=O) groups is 1. The summed E-state index contributed by atoms with van der Waals surface area (Å²) in [5, 5.41) is 9.82. The number of carboxylic acid groups (broad SMARTS) is 1. The third-order valence-electron chi connectivity index (χ3n) is 3.36. The molecule has 2 rings (SSSR count). The van der Waals surface area contributed by atoms with Crippen LogP contribution in [0, 0.1) is 12.3 Å². The molecular weight excluding hydrogens is 240 g/mol. The highest BCUT2D eigenvalue weighted by Gasteiger charge is 2.50. The summed E-state index contributed by atoms with van der Waals surface area (Å²) in [5.41, 5.74) is 1.23. The van der Waals surface area contributed by atoms with Gasteiger partial charge in [0.05, 0.1) is 12.5 Å². The number of aliphatic carboxylic acids is 1. The Hall–Kier alpha value is -1.22. The molecule has 0 atom stereocenters. The van der Waals surface area contributed by atoms with Crippen LogP contribution < -0.4 is 4.74 Å². The number of aryl methyl sites for hydroxylation is 1. The molecule has 1 aromatic rings. The molecule has 4 heteroatoms. The van der Waals surface area contributed by atoms with E-state index in [-0.39, 0.29) is 0 Å². The number of hydrogen-bond donors (Lipinski definition) is 1. The van der Waals surface area contributed by atoms with Crippen LogP contribution in [0.15, 0.2) is 12.1 Å². The first-order valence-electron chi connectivity index (χ1n) is 5.55. The van der Waals surface area contributed by atoms with Crippen molar-refractivity contribution in [1.82, 2.24) is 0 Å². The summed E-state index contributed by atoms with van der Waals surface area (Å²) < 4.78 is 5.33. The normalized spacial score (nSPS) is 16.6. The Labute approximate surface area is 105 Å². The van der Waals surface area contributed by atoms with Crippen molar-refractivity contribution < 1.29 is 14.6 Å². The molecule has 0 radical (unpaired) electrons. The topological polar surface area (TPSA) is 46.5 Å². The number of rotatable bonds is 4.